The van der Waals surface area contributed by atoms with Crippen LogP contribution in [0.5, 0.6) is 5.75 Å². The number of pyridine rings is 2. The lowest BCUT2D eigenvalue weighted by Gasteiger charge is -2.10. The van der Waals surface area contributed by atoms with E-state index in [1.54, 1.807) is 6.20 Å². The van der Waals surface area contributed by atoms with Crippen molar-refractivity contribution in [3.8, 4) is 5.75 Å². The normalized spacial score (nSPS) is 11.1. The second kappa shape index (κ2) is 11.6. The van der Waals surface area contributed by atoms with Crippen molar-refractivity contribution in [2.24, 2.45) is 0 Å². The molecule has 3 aromatic rings. The molecule has 166 valence electrons. The van der Waals surface area contributed by atoms with Gasteiger partial charge in [0.25, 0.3) is 0 Å². The van der Waals surface area contributed by atoms with Crippen molar-refractivity contribution in [2.45, 2.75) is 45.1 Å². The van der Waals surface area contributed by atoms with Crippen LogP contribution in [0.1, 0.15) is 44.2 Å². The van der Waals surface area contributed by atoms with Gasteiger partial charge in [0.05, 0.1) is 17.4 Å². The smallest absolute Gasteiger partial charge is 0.223 e. The third-order valence-corrected chi connectivity index (χ3v) is 5.43. The van der Waals surface area contributed by atoms with Gasteiger partial charge in [-0.25, -0.2) is 0 Å². The van der Waals surface area contributed by atoms with E-state index in [4.69, 9.17) is 11.6 Å². The van der Waals surface area contributed by atoms with Crippen molar-refractivity contribution in [1.29, 1.82) is 0 Å². The Morgan fingerprint density at radius 3 is 2.55 bits per heavy atom. The molecule has 7 nitrogen and oxygen atoms in total. The van der Waals surface area contributed by atoms with Gasteiger partial charge >= 0.3 is 0 Å². The monoisotopic (exact) mass is 444 g/mol. The number of hydrogen-bond donors (Lipinski definition) is 4. The number of fused-ring (bicyclic) bond motifs is 1. The molecule has 0 fully saturated rings. The minimum Gasteiger partial charge on any atom is -0.503 e. The molecule has 4 N–H and O–H groups in total. The van der Waals surface area contributed by atoms with E-state index in [1.807, 2.05) is 24.3 Å². The molecule has 3 rings (SSSR count). The summed E-state index contributed by atoms with van der Waals surface area (Å²) in [6.45, 7) is 2.13. The molecule has 0 aliphatic rings. The van der Waals surface area contributed by atoms with Gasteiger partial charge in [-0.1, -0.05) is 37.3 Å². The van der Waals surface area contributed by atoms with Gasteiger partial charge in [0.1, 0.15) is 0 Å². The molecule has 0 spiro atoms. The third-order valence-electron chi connectivity index (χ3n) is 5.20. The molecular weight excluding hydrogens is 416 g/mol. The van der Waals surface area contributed by atoms with Crippen LogP contribution in [-0.4, -0.2) is 33.1 Å². The molecule has 31 heavy (non-hydrogen) atoms. The van der Waals surface area contributed by atoms with E-state index < -0.39 is 11.2 Å². The molecule has 0 aliphatic carbocycles. The number of aromatic nitrogens is 2. The third kappa shape index (κ3) is 6.87. The Hall–Kier alpha value is -2.77. The summed E-state index contributed by atoms with van der Waals surface area (Å²) in [5.41, 5.74) is 1.94. The lowest BCUT2D eigenvalue weighted by molar-refractivity contribution is 0.169. The summed E-state index contributed by atoms with van der Waals surface area (Å²) in [4.78, 5) is 15.8. The Morgan fingerprint density at radius 1 is 1.00 bits per heavy atom. The molecule has 0 radical (unpaired) electrons. The topological polar surface area (TPSA) is 99.4 Å². The van der Waals surface area contributed by atoms with Crippen LogP contribution < -0.4 is 16.1 Å². The summed E-state index contributed by atoms with van der Waals surface area (Å²) in [7, 11) is 0. The molecule has 1 aromatic carbocycles. The molecule has 2 aromatic heterocycles. The zero-order valence-corrected chi connectivity index (χ0v) is 18.2. The van der Waals surface area contributed by atoms with Crippen LogP contribution >= 0.6 is 11.6 Å². The number of rotatable bonds is 12. The summed E-state index contributed by atoms with van der Waals surface area (Å²) < 4.78 is 0.779. The second-order valence-corrected chi connectivity index (χ2v) is 8.04. The fourth-order valence-electron chi connectivity index (χ4n) is 3.48. The maximum absolute atomic E-state index is 11.4. The summed E-state index contributed by atoms with van der Waals surface area (Å²) in [6, 6.07) is 9.00. The first-order valence-corrected chi connectivity index (χ1v) is 11.0. The average Bonchev–Trinajstić information content (AvgIpc) is 2.75. The van der Waals surface area contributed by atoms with Crippen LogP contribution in [0.25, 0.3) is 10.9 Å². The van der Waals surface area contributed by atoms with Gasteiger partial charge in [-0.05, 0) is 43.7 Å². The minimum absolute atomic E-state index is 0.383. The summed E-state index contributed by atoms with van der Waals surface area (Å²) in [5.74, 6) is -0.458. The Balaban J connectivity index is 1.23. The first-order valence-electron chi connectivity index (χ1n) is 10.7. The number of hydrogen-bond acceptors (Lipinski definition) is 6. The lowest BCUT2D eigenvalue weighted by atomic mass is 10.1. The molecule has 0 amide bonds. The summed E-state index contributed by atoms with van der Waals surface area (Å²) in [6.07, 6.45) is 9.67. The van der Waals surface area contributed by atoms with Crippen molar-refractivity contribution in [3.63, 3.8) is 0 Å². The maximum Gasteiger partial charge on any atom is 0.223 e. The van der Waals surface area contributed by atoms with E-state index in [9.17, 15) is 15.1 Å². The van der Waals surface area contributed by atoms with Crippen molar-refractivity contribution >= 4 is 28.2 Å². The van der Waals surface area contributed by atoms with Crippen LogP contribution in [-0.2, 0) is 6.54 Å². The Morgan fingerprint density at radius 2 is 1.74 bits per heavy atom. The van der Waals surface area contributed by atoms with Crippen LogP contribution in [0, 0.1) is 0 Å². The highest BCUT2D eigenvalue weighted by Gasteiger charge is 2.05. The Kier molecular flexibility index (Phi) is 8.55. The zero-order chi connectivity index (χ0) is 22.1. The predicted octanol–water partition coefficient (Wildman–Crippen LogP) is 4.54. The van der Waals surface area contributed by atoms with Crippen LogP contribution in [0.4, 0.5) is 5.69 Å². The van der Waals surface area contributed by atoms with E-state index in [2.05, 4.69) is 15.6 Å². The largest absolute Gasteiger partial charge is 0.503 e. The number of halogens is 1. The van der Waals surface area contributed by atoms with Gasteiger partial charge in [0.15, 0.2) is 5.75 Å². The maximum atomic E-state index is 11.4. The number of unbranched alkanes of at least 4 members (excludes halogenated alkanes) is 5. The van der Waals surface area contributed by atoms with Gasteiger partial charge < -0.3 is 20.9 Å². The Labute approximate surface area is 186 Å². The molecule has 0 atom stereocenters. The van der Waals surface area contributed by atoms with E-state index in [0.717, 1.165) is 59.9 Å². The van der Waals surface area contributed by atoms with E-state index >= 15 is 0 Å². The molecule has 0 unspecified atom stereocenters. The van der Waals surface area contributed by atoms with Crippen LogP contribution in [0.15, 0.2) is 47.5 Å². The van der Waals surface area contributed by atoms with E-state index in [0.29, 0.717) is 17.3 Å². The first-order chi connectivity index (χ1) is 15.0. The highest BCUT2D eigenvalue weighted by molar-refractivity contribution is 6.31. The molecule has 0 saturated carbocycles. The lowest BCUT2D eigenvalue weighted by Crippen LogP contribution is -2.20. The molecular formula is C23H29ClN4O3. The van der Waals surface area contributed by atoms with Crippen molar-refractivity contribution in [3.05, 3.63) is 63.7 Å². The standard InChI is InChI=1S/C23H29ClN4O3/c24-17-7-8-19-20(9-12-27-21(19)13-17)26-11-6-4-2-1-3-5-10-25-15-18-14-22(29)23(30)16-28(18)31/h7-9,12-14,16,25,30-31H,1-6,10-11,15H2,(H,26,27). The molecule has 8 heteroatoms. The number of anilines is 1. The molecule has 2 heterocycles. The number of nitrogens with one attached hydrogen (secondary N) is 2. The summed E-state index contributed by atoms with van der Waals surface area (Å²) >= 11 is 6.04. The number of benzene rings is 1. The van der Waals surface area contributed by atoms with Crippen molar-refractivity contribution in [1.82, 2.24) is 15.0 Å². The number of aromatic hydroxyl groups is 1. The highest BCUT2D eigenvalue weighted by atomic mass is 35.5. The van der Waals surface area contributed by atoms with E-state index in [-0.39, 0.29) is 0 Å². The van der Waals surface area contributed by atoms with Crippen molar-refractivity contribution in [2.75, 3.05) is 18.4 Å². The molecule has 0 bridgehead atoms. The SMILES string of the molecule is O=c1cc(CNCCCCCCCCNc2ccnc3cc(Cl)ccc23)n(O)cc1O. The predicted molar refractivity (Wildman–Crippen MR) is 124 cm³/mol. The van der Waals surface area contributed by atoms with Gasteiger partial charge in [0.2, 0.25) is 5.43 Å². The highest BCUT2D eigenvalue weighted by Crippen LogP contribution is 2.24. The first kappa shape index (κ1) is 22.9. The second-order valence-electron chi connectivity index (χ2n) is 7.60. The van der Waals surface area contributed by atoms with Gasteiger partial charge in [-0.3, -0.25) is 9.78 Å². The zero-order valence-electron chi connectivity index (χ0n) is 17.5. The van der Waals surface area contributed by atoms with Gasteiger partial charge in [-0.2, -0.15) is 4.73 Å². The van der Waals surface area contributed by atoms with Crippen molar-refractivity contribution < 1.29 is 10.3 Å². The Bertz CT molecular complexity index is 1050. The van der Waals surface area contributed by atoms with Crippen LogP contribution in [0.3, 0.4) is 0 Å². The fraction of sp³-hybridized carbons (Fsp3) is 0.391. The van der Waals surface area contributed by atoms with Crippen LogP contribution in [0.2, 0.25) is 5.02 Å². The average molecular weight is 445 g/mol. The quantitative estimate of drug-likeness (QED) is 0.242. The van der Waals surface area contributed by atoms with Gasteiger partial charge in [-0.15, -0.1) is 0 Å². The van der Waals surface area contributed by atoms with Gasteiger partial charge in [0, 0.05) is 41.4 Å². The molecule has 0 aliphatic heterocycles. The fourth-order valence-corrected chi connectivity index (χ4v) is 3.65. The number of nitrogens with zero attached hydrogens (tertiary/aromatic N) is 2. The molecule has 0 saturated heterocycles. The minimum atomic E-state index is -0.488. The van der Waals surface area contributed by atoms with E-state index in [1.165, 1.54) is 25.3 Å². The summed E-state index contributed by atoms with van der Waals surface area (Å²) in [5, 5.41) is 27.4.